The molecule has 0 radical (unpaired) electrons. The van der Waals surface area contributed by atoms with Crippen LogP contribution in [0.15, 0.2) is 5.38 Å². The van der Waals surface area contributed by atoms with E-state index >= 15 is 0 Å². The van der Waals surface area contributed by atoms with Crippen molar-refractivity contribution < 1.29 is 4.79 Å². The molecular weight excluding hydrogens is 258 g/mol. The molecule has 4 nitrogen and oxygen atoms in total. The van der Waals surface area contributed by atoms with Gasteiger partial charge >= 0.3 is 0 Å². The van der Waals surface area contributed by atoms with Gasteiger partial charge in [0.2, 0.25) is 5.91 Å². The van der Waals surface area contributed by atoms with Crippen molar-refractivity contribution in [1.29, 1.82) is 0 Å². The Morgan fingerprint density at radius 1 is 1.58 bits per heavy atom. The van der Waals surface area contributed by atoms with E-state index in [1.165, 1.54) is 0 Å². The highest BCUT2D eigenvalue weighted by atomic mass is 32.1. The van der Waals surface area contributed by atoms with Crippen LogP contribution in [0.5, 0.6) is 0 Å². The normalized spacial score (nSPS) is 14.4. The number of hydrogen-bond donors (Lipinski definition) is 2. The van der Waals surface area contributed by atoms with Crippen LogP contribution in [0.3, 0.4) is 0 Å². The Morgan fingerprint density at radius 2 is 2.26 bits per heavy atom. The van der Waals surface area contributed by atoms with E-state index < -0.39 is 0 Å². The van der Waals surface area contributed by atoms with Crippen molar-refractivity contribution in [3.63, 3.8) is 0 Å². The van der Waals surface area contributed by atoms with Gasteiger partial charge in [-0.15, -0.1) is 11.3 Å². The van der Waals surface area contributed by atoms with Crippen LogP contribution in [0, 0.1) is 12.8 Å². The molecule has 1 amide bonds. The van der Waals surface area contributed by atoms with E-state index in [0.717, 1.165) is 23.5 Å². The third kappa shape index (κ3) is 4.91. The summed E-state index contributed by atoms with van der Waals surface area (Å²) in [6, 6.07) is 0. The van der Waals surface area contributed by atoms with E-state index in [0.29, 0.717) is 18.9 Å². The van der Waals surface area contributed by atoms with Crippen LogP contribution in [-0.2, 0) is 11.2 Å². The second-order valence-electron chi connectivity index (χ2n) is 5.54. The number of nitrogens with zero attached hydrogens (tertiary/aromatic N) is 1. The summed E-state index contributed by atoms with van der Waals surface area (Å²) in [5.41, 5.74) is 6.53. The molecule has 5 heteroatoms. The van der Waals surface area contributed by atoms with E-state index in [1.807, 2.05) is 13.8 Å². The van der Waals surface area contributed by atoms with Crippen molar-refractivity contribution >= 4 is 17.2 Å². The van der Waals surface area contributed by atoms with E-state index in [-0.39, 0.29) is 11.4 Å². The highest BCUT2D eigenvalue weighted by Crippen LogP contribution is 2.15. The minimum atomic E-state index is -0.311. The Labute approximate surface area is 119 Å². The molecular formula is C14H25N3OS. The molecule has 1 heterocycles. The van der Waals surface area contributed by atoms with Crippen LogP contribution < -0.4 is 11.1 Å². The number of nitrogens with one attached hydrogen (secondary N) is 1. The number of carbonyl (C=O) groups is 1. The highest BCUT2D eigenvalue weighted by Gasteiger charge is 2.28. The number of carbonyl (C=O) groups excluding carboxylic acids is 1. The van der Waals surface area contributed by atoms with Crippen molar-refractivity contribution in [3.05, 3.63) is 16.1 Å². The first-order valence-corrected chi connectivity index (χ1v) is 7.67. The van der Waals surface area contributed by atoms with Crippen molar-refractivity contribution in [3.8, 4) is 0 Å². The lowest BCUT2D eigenvalue weighted by molar-refractivity contribution is -0.123. The molecule has 0 saturated heterocycles. The summed E-state index contributed by atoms with van der Waals surface area (Å²) < 4.78 is 0. The topological polar surface area (TPSA) is 68.0 Å². The first-order chi connectivity index (χ1) is 8.87. The van der Waals surface area contributed by atoms with Gasteiger partial charge in [0, 0.05) is 18.3 Å². The summed E-state index contributed by atoms with van der Waals surface area (Å²) >= 11 is 1.65. The largest absolute Gasteiger partial charge is 0.349 e. The van der Waals surface area contributed by atoms with Crippen molar-refractivity contribution in [1.82, 2.24) is 10.3 Å². The number of amides is 1. The molecule has 108 valence electrons. The zero-order valence-electron chi connectivity index (χ0n) is 12.3. The maximum Gasteiger partial charge on any atom is 0.220 e. The molecule has 1 rings (SSSR count). The van der Waals surface area contributed by atoms with Crippen LogP contribution in [0.25, 0.3) is 0 Å². The standard InChI is InChI=1S/C14H25N3OS/c1-10(2)14(4,9-15)17-13(18)7-5-6-12-8-19-11(3)16-12/h8,10H,5-7,9,15H2,1-4H3,(H,17,18). The van der Waals surface area contributed by atoms with Crippen LogP contribution in [-0.4, -0.2) is 23.0 Å². The Balaban J connectivity index is 2.35. The SMILES string of the molecule is Cc1nc(CCCC(=O)NC(C)(CN)C(C)C)cs1. The Kier molecular flexibility index (Phi) is 5.94. The van der Waals surface area contributed by atoms with Crippen LogP contribution in [0.2, 0.25) is 0 Å². The molecule has 3 N–H and O–H groups in total. The molecule has 1 aromatic rings. The maximum absolute atomic E-state index is 11.9. The van der Waals surface area contributed by atoms with E-state index in [2.05, 4.69) is 29.5 Å². The summed E-state index contributed by atoms with van der Waals surface area (Å²) in [7, 11) is 0. The predicted molar refractivity (Wildman–Crippen MR) is 80.2 cm³/mol. The molecule has 0 aliphatic heterocycles. The fraction of sp³-hybridized carbons (Fsp3) is 0.714. The number of aromatic nitrogens is 1. The molecule has 0 bridgehead atoms. The molecule has 1 atom stereocenters. The molecule has 0 aromatic carbocycles. The second-order valence-corrected chi connectivity index (χ2v) is 6.60. The van der Waals surface area contributed by atoms with E-state index in [4.69, 9.17) is 5.73 Å². The molecule has 0 saturated carbocycles. The number of thiazole rings is 1. The van der Waals surface area contributed by atoms with Gasteiger partial charge in [-0.3, -0.25) is 4.79 Å². The maximum atomic E-state index is 11.9. The van der Waals surface area contributed by atoms with Crippen LogP contribution in [0.1, 0.15) is 44.3 Å². The van der Waals surface area contributed by atoms with Gasteiger partial charge < -0.3 is 11.1 Å². The average Bonchev–Trinajstić information content (AvgIpc) is 2.74. The van der Waals surface area contributed by atoms with Gasteiger partial charge in [0.15, 0.2) is 0 Å². The lowest BCUT2D eigenvalue weighted by Gasteiger charge is -2.33. The van der Waals surface area contributed by atoms with E-state index in [9.17, 15) is 4.79 Å². The third-order valence-corrected chi connectivity index (χ3v) is 4.45. The number of rotatable bonds is 7. The van der Waals surface area contributed by atoms with E-state index in [1.54, 1.807) is 11.3 Å². The first-order valence-electron chi connectivity index (χ1n) is 6.79. The minimum Gasteiger partial charge on any atom is -0.349 e. The monoisotopic (exact) mass is 283 g/mol. The second kappa shape index (κ2) is 7.01. The number of aryl methyl sites for hydroxylation is 2. The van der Waals surface area contributed by atoms with Crippen molar-refractivity contribution in [2.45, 2.75) is 52.5 Å². The third-order valence-electron chi connectivity index (χ3n) is 3.63. The summed E-state index contributed by atoms with van der Waals surface area (Å²) in [4.78, 5) is 16.3. The predicted octanol–water partition coefficient (Wildman–Crippen LogP) is 2.26. The zero-order chi connectivity index (χ0) is 14.5. The van der Waals surface area contributed by atoms with Gasteiger partial charge in [0.1, 0.15) is 0 Å². The molecule has 1 unspecified atom stereocenters. The summed E-state index contributed by atoms with van der Waals surface area (Å²) in [5.74, 6) is 0.399. The Hall–Kier alpha value is -0.940. The fourth-order valence-electron chi connectivity index (χ4n) is 1.77. The Morgan fingerprint density at radius 3 is 2.74 bits per heavy atom. The summed E-state index contributed by atoms with van der Waals surface area (Å²) in [6.07, 6.45) is 2.21. The smallest absolute Gasteiger partial charge is 0.220 e. The summed E-state index contributed by atoms with van der Waals surface area (Å²) in [5, 5.41) is 6.19. The average molecular weight is 283 g/mol. The van der Waals surface area contributed by atoms with Gasteiger partial charge in [0.05, 0.1) is 16.2 Å². The first kappa shape index (κ1) is 16.1. The molecule has 0 aliphatic carbocycles. The minimum absolute atomic E-state index is 0.0774. The van der Waals surface area contributed by atoms with Gasteiger partial charge in [-0.2, -0.15) is 0 Å². The van der Waals surface area contributed by atoms with Gasteiger partial charge in [-0.1, -0.05) is 13.8 Å². The van der Waals surface area contributed by atoms with Crippen LogP contribution >= 0.6 is 11.3 Å². The van der Waals surface area contributed by atoms with Gasteiger partial charge in [-0.25, -0.2) is 4.98 Å². The molecule has 0 spiro atoms. The lowest BCUT2D eigenvalue weighted by Crippen LogP contribution is -2.54. The highest BCUT2D eigenvalue weighted by molar-refractivity contribution is 7.09. The summed E-state index contributed by atoms with van der Waals surface area (Å²) in [6.45, 7) is 8.60. The molecule has 1 aromatic heterocycles. The fourth-order valence-corrected chi connectivity index (χ4v) is 2.41. The van der Waals surface area contributed by atoms with Crippen LogP contribution in [0.4, 0.5) is 0 Å². The molecule has 0 aliphatic rings. The van der Waals surface area contributed by atoms with Crippen molar-refractivity contribution in [2.24, 2.45) is 11.7 Å². The van der Waals surface area contributed by atoms with Gasteiger partial charge in [-0.05, 0) is 32.6 Å². The number of hydrogen-bond acceptors (Lipinski definition) is 4. The van der Waals surface area contributed by atoms with Crippen molar-refractivity contribution in [2.75, 3.05) is 6.54 Å². The lowest BCUT2D eigenvalue weighted by atomic mass is 9.88. The van der Waals surface area contributed by atoms with Gasteiger partial charge in [0.25, 0.3) is 0 Å². The quantitative estimate of drug-likeness (QED) is 0.806. The molecule has 19 heavy (non-hydrogen) atoms. The zero-order valence-corrected chi connectivity index (χ0v) is 13.1. The molecule has 0 fully saturated rings. The number of nitrogens with two attached hydrogens (primary N) is 1. The Bertz CT molecular complexity index is 417.